The molecule has 4 rings (SSSR count). The van der Waals surface area contributed by atoms with E-state index in [1.54, 1.807) is 0 Å². The van der Waals surface area contributed by atoms with E-state index in [4.69, 9.17) is 17.0 Å². The fourth-order valence-electron chi connectivity index (χ4n) is 5.10. The van der Waals surface area contributed by atoms with Gasteiger partial charge in [0.25, 0.3) is 0 Å². The fraction of sp³-hybridized carbons (Fsp3) is 0.200. The number of hydrogen-bond acceptors (Lipinski definition) is 0. The number of rotatable bonds is 5. The van der Waals surface area contributed by atoms with Crippen LogP contribution in [0.15, 0.2) is 91.0 Å². The van der Waals surface area contributed by atoms with E-state index in [2.05, 4.69) is 110 Å². The summed E-state index contributed by atoms with van der Waals surface area (Å²) in [6.07, 6.45) is 4.56. The van der Waals surface area contributed by atoms with Crippen LogP contribution in [0, 0.1) is 0 Å². The van der Waals surface area contributed by atoms with Gasteiger partial charge < -0.3 is 0 Å². The molecule has 0 fully saturated rings. The van der Waals surface area contributed by atoms with Crippen molar-refractivity contribution in [3.8, 4) is 0 Å². The average Bonchev–Trinajstić information content (AvgIpc) is 3.15. The van der Waals surface area contributed by atoms with Gasteiger partial charge in [-0.15, -0.1) is 0 Å². The molecule has 0 amide bonds. The van der Waals surface area contributed by atoms with Crippen LogP contribution in [0.1, 0.15) is 25.9 Å². The molecule has 0 aromatic heterocycles. The fourth-order valence-corrected chi connectivity index (χ4v) is 37.9. The first-order valence-corrected chi connectivity index (χ1v) is 27.6. The van der Waals surface area contributed by atoms with Crippen molar-refractivity contribution in [2.24, 2.45) is 0 Å². The molecule has 1 atom stereocenters. The second kappa shape index (κ2) is 7.34. The number of allylic oxidation sites excluding steroid dienone is 1. The molecule has 3 aromatic rings. The van der Waals surface area contributed by atoms with E-state index in [1.807, 2.05) is 0 Å². The molecule has 0 saturated heterocycles. The second-order valence-corrected chi connectivity index (χ2v) is 59.4. The summed E-state index contributed by atoms with van der Waals surface area (Å²) in [6.45, 7) is 4.70. The molecule has 0 radical (unpaired) electrons. The minimum atomic E-state index is -5.02. The summed E-state index contributed by atoms with van der Waals surface area (Å²) in [6, 6.07) is 29.9. The number of hydrogen-bond donors (Lipinski definition) is 0. The molecule has 0 nitrogen and oxygen atoms in total. The van der Waals surface area contributed by atoms with Gasteiger partial charge in [0, 0.05) is 0 Å². The quantitative estimate of drug-likeness (QED) is 0.301. The molecular weight excluding hydrogens is 490 g/mol. The Kier molecular flexibility index (Phi) is 5.40. The zero-order chi connectivity index (χ0) is 20.6. The Morgan fingerprint density at radius 3 is 1.72 bits per heavy atom. The number of fused-ring (bicyclic) bond motifs is 1. The summed E-state index contributed by atoms with van der Waals surface area (Å²) in [7, 11) is 16.5. The van der Waals surface area contributed by atoms with Gasteiger partial charge in [-0.2, -0.15) is 0 Å². The molecule has 0 N–H and O–H groups in total. The van der Waals surface area contributed by atoms with Gasteiger partial charge in [-0.1, -0.05) is 0 Å². The monoisotopic (exact) mass is 515 g/mol. The Labute approximate surface area is 179 Å². The molecule has 4 heteroatoms. The van der Waals surface area contributed by atoms with Crippen molar-refractivity contribution in [2.45, 2.75) is 25.0 Å². The van der Waals surface area contributed by atoms with Crippen LogP contribution in [0.25, 0.3) is 6.08 Å². The molecule has 1 unspecified atom stereocenters. The topological polar surface area (TPSA) is 0 Å². The van der Waals surface area contributed by atoms with Crippen molar-refractivity contribution in [1.82, 2.24) is 0 Å². The van der Waals surface area contributed by atoms with E-state index in [-0.39, 0.29) is 3.63 Å². The molecule has 1 aliphatic carbocycles. The predicted octanol–water partition coefficient (Wildman–Crippen LogP) is 7.94. The van der Waals surface area contributed by atoms with E-state index < -0.39 is 19.0 Å². The SMILES string of the molecule is C[Si](C)=[Zr]([Cl])([Cl])([CH2]c1ccccc1)([CH2]c1ccccc1)[CH]1C=Cc2ccccc21. The molecule has 0 bridgehead atoms. The first-order valence-electron chi connectivity index (χ1n) is 10.2. The van der Waals surface area contributed by atoms with Crippen molar-refractivity contribution in [3.05, 3.63) is 113 Å². The molecule has 0 aliphatic heterocycles. The van der Waals surface area contributed by atoms with Gasteiger partial charge in [-0.3, -0.25) is 0 Å². The Hall–Kier alpha value is -0.920. The predicted molar refractivity (Wildman–Crippen MR) is 128 cm³/mol. The van der Waals surface area contributed by atoms with E-state index >= 15 is 0 Å². The maximum absolute atomic E-state index is 8.25. The Balaban J connectivity index is 2.04. The van der Waals surface area contributed by atoms with Crippen molar-refractivity contribution >= 4 is 28.5 Å². The Morgan fingerprint density at radius 2 is 1.21 bits per heavy atom. The molecule has 0 heterocycles. The van der Waals surface area contributed by atoms with E-state index in [1.165, 1.54) is 22.3 Å². The molecule has 1 aliphatic rings. The van der Waals surface area contributed by atoms with Crippen LogP contribution >= 0.6 is 17.0 Å². The third-order valence-electron chi connectivity index (χ3n) is 7.00. The Morgan fingerprint density at radius 1 is 0.724 bits per heavy atom. The van der Waals surface area contributed by atoms with Gasteiger partial charge in [0.2, 0.25) is 0 Å². The molecular formula is C25H27Cl2SiZr. The van der Waals surface area contributed by atoms with Gasteiger partial charge in [0.15, 0.2) is 0 Å². The summed E-state index contributed by atoms with van der Waals surface area (Å²) < 4.78 is 1.70. The van der Waals surface area contributed by atoms with Crippen LogP contribution in [0.2, 0.25) is 13.1 Å². The number of halogens is 2. The maximum atomic E-state index is 8.25. The first-order chi connectivity index (χ1) is 13.8. The molecule has 0 saturated carbocycles. The summed E-state index contributed by atoms with van der Waals surface area (Å²) in [5.41, 5.74) is 4.03. The molecule has 3 aromatic carbocycles. The van der Waals surface area contributed by atoms with Crippen LogP contribution < -0.4 is 0 Å². The van der Waals surface area contributed by atoms with E-state index in [0.29, 0.717) is 0 Å². The van der Waals surface area contributed by atoms with Crippen LogP contribution in [0.4, 0.5) is 0 Å². The normalized spacial score (nSPS) is 18.0. The standard InChI is InChI=1S/C9H7.2C7H7.C2H6Si.2ClH.Zr/c1-2-5-9-7-3-6-8(9)4-1;2*1-7-5-3-2-4-6-7;1-3-2;;;/h1-7H;2*2-6H,1H2;1-2H3;2*1H;/q;;;;;;+2/p-2. The first kappa shape index (κ1) is 21.3. The van der Waals surface area contributed by atoms with Gasteiger partial charge in [0.1, 0.15) is 0 Å². The minimum absolute atomic E-state index is 0.111. The van der Waals surface area contributed by atoms with Gasteiger partial charge >= 0.3 is 180 Å². The van der Waals surface area contributed by atoms with E-state index in [0.717, 1.165) is 8.26 Å². The van der Waals surface area contributed by atoms with Crippen molar-refractivity contribution in [3.63, 3.8) is 0 Å². The summed E-state index contributed by atoms with van der Waals surface area (Å²) in [5, 5.41) is 0. The van der Waals surface area contributed by atoms with Crippen molar-refractivity contribution in [1.29, 1.82) is 0 Å². The summed E-state index contributed by atoms with van der Waals surface area (Å²) >= 11 is -5.02. The van der Waals surface area contributed by atoms with Crippen molar-refractivity contribution in [2.75, 3.05) is 0 Å². The zero-order valence-electron chi connectivity index (χ0n) is 17.0. The summed E-state index contributed by atoms with van der Waals surface area (Å²) in [5.74, 6) is 0. The number of benzene rings is 3. The average molecular weight is 518 g/mol. The third kappa shape index (κ3) is 3.57. The second-order valence-electron chi connectivity index (χ2n) is 8.96. The molecule has 149 valence electrons. The van der Waals surface area contributed by atoms with Crippen LogP contribution in [0.5, 0.6) is 0 Å². The van der Waals surface area contributed by atoms with Gasteiger partial charge in [-0.25, -0.2) is 0 Å². The van der Waals surface area contributed by atoms with Crippen LogP contribution in [-0.4, -0.2) is 5.43 Å². The Bertz CT molecular complexity index is 1120. The van der Waals surface area contributed by atoms with Crippen LogP contribution in [0.3, 0.4) is 0 Å². The van der Waals surface area contributed by atoms with E-state index in [9.17, 15) is 0 Å². The molecule has 29 heavy (non-hydrogen) atoms. The zero-order valence-corrected chi connectivity index (χ0v) is 22.0. The van der Waals surface area contributed by atoms with Crippen LogP contribution in [-0.2, 0) is 21.8 Å². The van der Waals surface area contributed by atoms with Crippen molar-refractivity contribution < 1.29 is 13.5 Å². The third-order valence-corrected chi connectivity index (χ3v) is 65.0. The van der Waals surface area contributed by atoms with Gasteiger partial charge in [-0.05, 0) is 0 Å². The molecule has 0 spiro atoms. The summed E-state index contributed by atoms with van der Waals surface area (Å²) in [4.78, 5) is 0. The van der Waals surface area contributed by atoms with Gasteiger partial charge in [0.05, 0.1) is 0 Å².